The summed E-state index contributed by atoms with van der Waals surface area (Å²) < 4.78 is 11.5. The van der Waals surface area contributed by atoms with E-state index >= 15 is 0 Å². The number of aromatic carboxylic acids is 1. The number of benzene rings is 3. The molecule has 31 heavy (non-hydrogen) atoms. The number of rotatable bonds is 7. The molecule has 0 aliphatic carbocycles. The van der Waals surface area contributed by atoms with Gasteiger partial charge in [-0.2, -0.15) is 0 Å². The first-order chi connectivity index (χ1) is 15.0. The van der Waals surface area contributed by atoms with Gasteiger partial charge in [-0.25, -0.2) is 4.79 Å². The second-order valence-corrected chi connectivity index (χ2v) is 7.70. The summed E-state index contributed by atoms with van der Waals surface area (Å²) in [6.45, 7) is 0.940. The predicted octanol–water partition coefficient (Wildman–Crippen LogP) is 5.26. The lowest BCUT2D eigenvalue weighted by atomic mass is 10.1. The highest BCUT2D eigenvalue weighted by molar-refractivity contribution is 6.30. The molecule has 1 N–H and O–H groups in total. The van der Waals surface area contributed by atoms with Crippen LogP contribution in [0.3, 0.4) is 0 Å². The summed E-state index contributed by atoms with van der Waals surface area (Å²) in [5.74, 6) is 1.05. The molecule has 158 valence electrons. The Morgan fingerprint density at radius 2 is 1.52 bits per heavy atom. The number of hydrogen-bond acceptors (Lipinski definition) is 4. The Morgan fingerprint density at radius 1 is 0.935 bits per heavy atom. The largest absolute Gasteiger partial charge is 0.493 e. The van der Waals surface area contributed by atoms with Crippen molar-refractivity contribution in [1.29, 1.82) is 0 Å². The molecule has 0 aromatic heterocycles. The molecular formula is C24H20ClNO5. The minimum Gasteiger partial charge on any atom is -0.493 e. The smallest absolute Gasteiger partial charge is 0.335 e. The number of carbonyl (C=O) groups is 2. The monoisotopic (exact) mass is 437 g/mol. The number of carboxylic acids is 1. The average Bonchev–Trinajstić information content (AvgIpc) is 3.15. The molecule has 0 bridgehead atoms. The van der Waals surface area contributed by atoms with Gasteiger partial charge in [0.25, 0.3) is 0 Å². The third-order valence-electron chi connectivity index (χ3n) is 4.99. The van der Waals surface area contributed by atoms with E-state index in [0.29, 0.717) is 41.8 Å². The Kier molecular flexibility index (Phi) is 6.09. The van der Waals surface area contributed by atoms with Crippen LogP contribution in [0.5, 0.6) is 17.2 Å². The zero-order chi connectivity index (χ0) is 21.8. The fraction of sp³-hybridized carbons (Fsp3) is 0.167. The van der Waals surface area contributed by atoms with Gasteiger partial charge in [0.1, 0.15) is 17.2 Å². The van der Waals surface area contributed by atoms with Crippen LogP contribution >= 0.6 is 11.6 Å². The lowest BCUT2D eigenvalue weighted by molar-refractivity contribution is -0.117. The van der Waals surface area contributed by atoms with Gasteiger partial charge >= 0.3 is 5.97 Å². The molecule has 7 heteroatoms. The summed E-state index contributed by atoms with van der Waals surface area (Å²) in [5, 5.41) is 9.59. The van der Waals surface area contributed by atoms with E-state index < -0.39 is 5.97 Å². The van der Waals surface area contributed by atoms with Crippen LogP contribution in [0.4, 0.5) is 5.69 Å². The van der Waals surface area contributed by atoms with E-state index in [0.717, 1.165) is 5.69 Å². The number of amides is 1. The quantitative estimate of drug-likeness (QED) is 0.545. The maximum absolute atomic E-state index is 12.5. The van der Waals surface area contributed by atoms with Crippen LogP contribution in [-0.2, 0) is 4.79 Å². The zero-order valence-corrected chi connectivity index (χ0v) is 17.3. The molecular weight excluding hydrogens is 418 g/mol. The van der Waals surface area contributed by atoms with E-state index in [2.05, 4.69) is 0 Å². The predicted molar refractivity (Wildman–Crippen MR) is 117 cm³/mol. The minimum atomic E-state index is -0.979. The van der Waals surface area contributed by atoms with Gasteiger partial charge < -0.3 is 19.5 Å². The third kappa shape index (κ3) is 5.16. The van der Waals surface area contributed by atoms with Crippen molar-refractivity contribution >= 4 is 29.2 Å². The molecule has 1 amide bonds. The molecule has 1 atom stereocenters. The number of nitrogens with zero attached hydrogens (tertiary/aromatic N) is 1. The van der Waals surface area contributed by atoms with Crippen molar-refractivity contribution in [2.75, 3.05) is 18.1 Å². The van der Waals surface area contributed by atoms with E-state index in [9.17, 15) is 9.59 Å². The SMILES string of the molecule is O=C(O)c1ccc(OCC2CC(=O)N(c3ccc(Oc4ccc(Cl)cc4)cc3)C2)cc1. The molecule has 1 heterocycles. The molecule has 3 aromatic rings. The van der Waals surface area contributed by atoms with Crippen molar-refractivity contribution in [1.82, 2.24) is 0 Å². The first-order valence-electron chi connectivity index (χ1n) is 9.78. The van der Waals surface area contributed by atoms with Crippen molar-refractivity contribution in [2.24, 2.45) is 5.92 Å². The molecule has 1 aliphatic rings. The molecule has 1 fully saturated rings. The van der Waals surface area contributed by atoms with Crippen molar-refractivity contribution in [3.63, 3.8) is 0 Å². The number of hydrogen-bond donors (Lipinski definition) is 1. The van der Waals surface area contributed by atoms with Crippen LogP contribution < -0.4 is 14.4 Å². The number of carboxylic acid groups (broad SMARTS) is 1. The van der Waals surface area contributed by atoms with Crippen molar-refractivity contribution in [3.05, 3.63) is 83.4 Å². The molecule has 1 unspecified atom stereocenters. The standard InChI is InChI=1S/C24H20ClNO5/c25-18-3-9-21(10-4-18)31-22-11-5-19(6-12-22)26-14-16(13-23(26)27)15-30-20-7-1-17(2-8-20)24(28)29/h1-12,16H,13-15H2,(H,28,29). The number of halogens is 1. The molecule has 0 saturated carbocycles. The maximum Gasteiger partial charge on any atom is 0.335 e. The molecule has 4 rings (SSSR count). The van der Waals surface area contributed by atoms with Gasteiger partial charge in [-0.05, 0) is 72.8 Å². The van der Waals surface area contributed by atoms with Crippen LogP contribution in [0, 0.1) is 5.92 Å². The van der Waals surface area contributed by atoms with Gasteiger partial charge in [0.2, 0.25) is 5.91 Å². The highest BCUT2D eigenvalue weighted by Crippen LogP contribution is 2.29. The Bertz CT molecular complexity index is 1060. The van der Waals surface area contributed by atoms with Crippen LogP contribution in [-0.4, -0.2) is 30.1 Å². The Hall–Kier alpha value is -3.51. The molecule has 0 radical (unpaired) electrons. The molecule has 1 saturated heterocycles. The number of anilines is 1. The van der Waals surface area contributed by atoms with Gasteiger partial charge in [0.15, 0.2) is 0 Å². The Labute approximate surface area is 184 Å². The Balaban J connectivity index is 1.33. The summed E-state index contributed by atoms with van der Waals surface area (Å²) in [6.07, 6.45) is 0.399. The summed E-state index contributed by atoms with van der Waals surface area (Å²) in [7, 11) is 0. The van der Waals surface area contributed by atoms with Crippen LogP contribution in [0.2, 0.25) is 5.02 Å². The molecule has 0 spiro atoms. The normalized spacial score (nSPS) is 15.7. The lowest BCUT2D eigenvalue weighted by Gasteiger charge is -2.17. The van der Waals surface area contributed by atoms with E-state index in [4.69, 9.17) is 26.2 Å². The first-order valence-corrected chi connectivity index (χ1v) is 10.2. The average molecular weight is 438 g/mol. The fourth-order valence-electron chi connectivity index (χ4n) is 3.38. The highest BCUT2D eigenvalue weighted by Gasteiger charge is 2.31. The minimum absolute atomic E-state index is 0.0428. The molecule has 3 aromatic carbocycles. The van der Waals surface area contributed by atoms with E-state index in [-0.39, 0.29) is 17.4 Å². The van der Waals surface area contributed by atoms with Gasteiger partial charge in [0.05, 0.1) is 12.2 Å². The second kappa shape index (κ2) is 9.10. The van der Waals surface area contributed by atoms with E-state index in [1.54, 1.807) is 41.3 Å². The van der Waals surface area contributed by atoms with Crippen molar-refractivity contribution in [2.45, 2.75) is 6.42 Å². The second-order valence-electron chi connectivity index (χ2n) is 7.26. The summed E-state index contributed by atoms with van der Waals surface area (Å²) >= 11 is 5.89. The summed E-state index contributed by atoms with van der Waals surface area (Å²) in [6, 6.07) is 20.7. The topological polar surface area (TPSA) is 76.1 Å². The first kappa shape index (κ1) is 20.8. The van der Waals surface area contributed by atoms with Crippen LogP contribution in [0.1, 0.15) is 16.8 Å². The van der Waals surface area contributed by atoms with Crippen LogP contribution in [0.25, 0.3) is 0 Å². The molecule has 1 aliphatic heterocycles. The number of carbonyl (C=O) groups excluding carboxylic acids is 1. The summed E-state index contributed by atoms with van der Waals surface area (Å²) in [4.78, 5) is 25.1. The van der Waals surface area contributed by atoms with Gasteiger partial charge in [0, 0.05) is 29.6 Å². The molecule has 6 nitrogen and oxygen atoms in total. The van der Waals surface area contributed by atoms with Crippen molar-refractivity contribution in [3.8, 4) is 17.2 Å². The zero-order valence-electron chi connectivity index (χ0n) is 16.5. The van der Waals surface area contributed by atoms with Crippen molar-refractivity contribution < 1.29 is 24.2 Å². The lowest BCUT2D eigenvalue weighted by Crippen LogP contribution is -2.25. The summed E-state index contributed by atoms with van der Waals surface area (Å²) in [5.41, 5.74) is 1.01. The third-order valence-corrected chi connectivity index (χ3v) is 5.24. The van der Waals surface area contributed by atoms with Crippen LogP contribution in [0.15, 0.2) is 72.8 Å². The van der Waals surface area contributed by atoms with Gasteiger partial charge in [-0.15, -0.1) is 0 Å². The van der Waals surface area contributed by atoms with Gasteiger partial charge in [-0.3, -0.25) is 4.79 Å². The number of ether oxygens (including phenoxy) is 2. The van der Waals surface area contributed by atoms with E-state index in [1.165, 1.54) is 12.1 Å². The fourth-order valence-corrected chi connectivity index (χ4v) is 3.51. The maximum atomic E-state index is 12.5. The van der Waals surface area contributed by atoms with E-state index in [1.807, 2.05) is 24.3 Å². The highest BCUT2D eigenvalue weighted by atomic mass is 35.5. The van der Waals surface area contributed by atoms with Gasteiger partial charge in [-0.1, -0.05) is 11.6 Å². The Morgan fingerprint density at radius 3 is 2.13 bits per heavy atom.